The highest BCUT2D eigenvalue weighted by Crippen LogP contribution is 2.32. The maximum absolute atomic E-state index is 11.9. The van der Waals surface area contributed by atoms with Gasteiger partial charge < -0.3 is 14.7 Å². The molecule has 3 atom stereocenters. The predicted octanol–water partition coefficient (Wildman–Crippen LogP) is 1.12. The summed E-state index contributed by atoms with van der Waals surface area (Å²) in [6, 6.07) is 0. The van der Waals surface area contributed by atoms with Gasteiger partial charge in [-0.25, -0.2) is 4.79 Å². The first-order valence-electron chi connectivity index (χ1n) is 6.66. The van der Waals surface area contributed by atoms with Gasteiger partial charge in [-0.1, -0.05) is 0 Å². The van der Waals surface area contributed by atoms with Crippen LogP contribution in [0.2, 0.25) is 0 Å². The quantitative estimate of drug-likeness (QED) is 0.764. The van der Waals surface area contributed by atoms with E-state index in [-0.39, 0.29) is 12.3 Å². The van der Waals surface area contributed by atoms with Gasteiger partial charge in [0.1, 0.15) is 11.8 Å². The lowest BCUT2D eigenvalue weighted by Gasteiger charge is -2.26. The van der Waals surface area contributed by atoms with E-state index in [0.717, 1.165) is 26.2 Å². The fourth-order valence-corrected chi connectivity index (χ4v) is 2.81. The van der Waals surface area contributed by atoms with E-state index in [1.165, 1.54) is 0 Å². The van der Waals surface area contributed by atoms with E-state index < -0.39 is 5.60 Å². The van der Waals surface area contributed by atoms with Gasteiger partial charge in [0, 0.05) is 26.2 Å². The van der Waals surface area contributed by atoms with Crippen molar-refractivity contribution in [3.8, 4) is 0 Å². The minimum Gasteiger partial charge on any atom is -0.444 e. The summed E-state index contributed by atoms with van der Waals surface area (Å²) in [5.74, 6) is 0.958. The molecule has 5 nitrogen and oxygen atoms in total. The number of nitrogens with zero attached hydrogens (tertiary/aromatic N) is 2. The van der Waals surface area contributed by atoms with Crippen molar-refractivity contribution in [1.29, 1.82) is 0 Å². The van der Waals surface area contributed by atoms with Crippen molar-refractivity contribution in [3.05, 3.63) is 0 Å². The lowest BCUT2D eigenvalue weighted by atomic mass is 10.0. The molecule has 0 aromatic rings. The number of hydrogen-bond acceptors (Lipinski definition) is 4. The molecule has 2 rings (SSSR count). The van der Waals surface area contributed by atoms with Crippen LogP contribution in [0.4, 0.5) is 4.79 Å². The van der Waals surface area contributed by atoms with Crippen LogP contribution in [0.5, 0.6) is 0 Å². The van der Waals surface area contributed by atoms with E-state index in [1.54, 1.807) is 11.8 Å². The zero-order valence-electron chi connectivity index (χ0n) is 11.7. The first kappa shape index (κ1) is 13.6. The molecule has 2 aliphatic rings. The molecule has 5 heteroatoms. The Labute approximate surface area is 109 Å². The van der Waals surface area contributed by atoms with Gasteiger partial charge >= 0.3 is 6.09 Å². The molecule has 18 heavy (non-hydrogen) atoms. The first-order valence-corrected chi connectivity index (χ1v) is 6.66. The molecule has 0 radical (unpaired) electrons. The Morgan fingerprint density at radius 2 is 1.72 bits per heavy atom. The van der Waals surface area contributed by atoms with Gasteiger partial charge in [0.2, 0.25) is 0 Å². The molecular weight excluding hydrogens is 232 g/mol. The lowest BCUT2D eigenvalue weighted by Crippen LogP contribution is -2.39. The summed E-state index contributed by atoms with van der Waals surface area (Å²) in [5.41, 5.74) is -0.430. The third-order valence-electron chi connectivity index (χ3n) is 3.69. The predicted molar refractivity (Wildman–Crippen MR) is 68.0 cm³/mol. The SMILES string of the molecule is CC(O)N1CC2CN(C(=O)OC(C)(C)C)CC2C1. The van der Waals surface area contributed by atoms with Gasteiger partial charge in [-0.05, 0) is 39.5 Å². The summed E-state index contributed by atoms with van der Waals surface area (Å²) in [5, 5.41) is 9.56. The molecule has 0 bridgehead atoms. The fourth-order valence-electron chi connectivity index (χ4n) is 2.81. The second kappa shape index (κ2) is 4.70. The second-order valence-corrected chi connectivity index (χ2v) is 6.49. The highest BCUT2D eigenvalue weighted by atomic mass is 16.6. The number of rotatable bonds is 1. The van der Waals surface area contributed by atoms with Crippen LogP contribution < -0.4 is 0 Å². The molecular formula is C13H24N2O3. The molecule has 2 saturated heterocycles. The second-order valence-electron chi connectivity index (χ2n) is 6.49. The normalized spacial score (nSPS) is 30.4. The number of amides is 1. The van der Waals surface area contributed by atoms with Gasteiger partial charge in [0.15, 0.2) is 0 Å². The average molecular weight is 256 g/mol. The van der Waals surface area contributed by atoms with Crippen molar-refractivity contribution >= 4 is 6.09 Å². The van der Waals surface area contributed by atoms with Gasteiger partial charge in [-0.15, -0.1) is 0 Å². The van der Waals surface area contributed by atoms with Crippen LogP contribution in [0.3, 0.4) is 0 Å². The number of likely N-dealkylation sites (tertiary alicyclic amines) is 2. The molecule has 0 aliphatic carbocycles. The summed E-state index contributed by atoms with van der Waals surface area (Å²) < 4.78 is 5.39. The summed E-state index contributed by atoms with van der Waals surface area (Å²) in [6.07, 6.45) is -0.592. The highest BCUT2D eigenvalue weighted by molar-refractivity contribution is 5.68. The molecule has 0 spiro atoms. The number of ether oxygens (including phenoxy) is 1. The summed E-state index contributed by atoms with van der Waals surface area (Å²) in [6.45, 7) is 10.7. The molecule has 0 aromatic heterocycles. The number of hydrogen-bond donors (Lipinski definition) is 1. The number of aliphatic hydroxyl groups is 1. The zero-order valence-corrected chi connectivity index (χ0v) is 11.7. The van der Waals surface area contributed by atoms with Crippen LogP contribution in [0, 0.1) is 11.8 Å². The third-order valence-corrected chi connectivity index (χ3v) is 3.69. The topological polar surface area (TPSA) is 53.0 Å². The Bertz CT molecular complexity index is 311. The molecule has 0 saturated carbocycles. The van der Waals surface area contributed by atoms with E-state index >= 15 is 0 Å². The molecule has 2 fully saturated rings. The minimum atomic E-state index is -0.430. The highest BCUT2D eigenvalue weighted by Gasteiger charge is 2.43. The summed E-state index contributed by atoms with van der Waals surface area (Å²) in [7, 11) is 0. The third kappa shape index (κ3) is 2.95. The van der Waals surface area contributed by atoms with Crippen LogP contribution in [-0.2, 0) is 4.74 Å². The molecule has 1 amide bonds. The summed E-state index contributed by atoms with van der Waals surface area (Å²) >= 11 is 0. The van der Waals surface area contributed by atoms with E-state index in [2.05, 4.69) is 4.90 Å². The Balaban J connectivity index is 1.87. The first-order chi connectivity index (χ1) is 8.26. The number of carbonyl (C=O) groups excluding carboxylic acids is 1. The number of fused-ring (bicyclic) bond motifs is 1. The Hall–Kier alpha value is -0.810. The van der Waals surface area contributed by atoms with Crippen LogP contribution >= 0.6 is 0 Å². The molecule has 104 valence electrons. The largest absolute Gasteiger partial charge is 0.444 e. The van der Waals surface area contributed by atoms with E-state index in [9.17, 15) is 9.90 Å². The van der Waals surface area contributed by atoms with E-state index in [1.807, 2.05) is 20.8 Å². The van der Waals surface area contributed by atoms with Gasteiger partial charge in [-0.2, -0.15) is 0 Å². The average Bonchev–Trinajstić information content (AvgIpc) is 2.69. The number of aliphatic hydroxyl groups excluding tert-OH is 1. The molecule has 1 N–H and O–H groups in total. The Morgan fingerprint density at radius 3 is 2.11 bits per heavy atom. The lowest BCUT2D eigenvalue weighted by molar-refractivity contribution is 0.0176. The summed E-state index contributed by atoms with van der Waals surface area (Å²) in [4.78, 5) is 15.8. The van der Waals surface area contributed by atoms with Crippen molar-refractivity contribution in [2.45, 2.75) is 39.5 Å². The fraction of sp³-hybridized carbons (Fsp3) is 0.923. The van der Waals surface area contributed by atoms with E-state index in [4.69, 9.17) is 4.74 Å². The van der Waals surface area contributed by atoms with Crippen molar-refractivity contribution in [2.75, 3.05) is 26.2 Å². The molecule has 2 heterocycles. The molecule has 0 aromatic carbocycles. The molecule has 3 unspecified atom stereocenters. The molecule has 2 aliphatic heterocycles. The van der Waals surface area contributed by atoms with Crippen LogP contribution in [0.1, 0.15) is 27.7 Å². The van der Waals surface area contributed by atoms with Crippen molar-refractivity contribution in [2.24, 2.45) is 11.8 Å². The van der Waals surface area contributed by atoms with Crippen LogP contribution in [-0.4, -0.2) is 59.0 Å². The van der Waals surface area contributed by atoms with E-state index in [0.29, 0.717) is 11.8 Å². The van der Waals surface area contributed by atoms with Crippen molar-refractivity contribution in [3.63, 3.8) is 0 Å². The maximum atomic E-state index is 11.9. The smallest absolute Gasteiger partial charge is 0.410 e. The zero-order chi connectivity index (χ0) is 13.5. The van der Waals surface area contributed by atoms with Crippen LogP contribution in [0.15, 0.2) is 0 Å². The standard InChI is InChI=1S/C13H24N2O3/c1-9(16)14-5-10-7-15(8-11(10)6-14)12(17)18-13(2,3)4/h9-11,16H,5-8H2,1-4H3. The monoisotopic (exact) mass is 256 g/mol. The van der Waals surface area contributed by atoms with Gasteiger partial charge in [0.25, 0.3) is 0 Å². The maximum Gasteiger partial charge on any atom is 0.410 e. The van der Waals surface area contributed by atoms with Crippen molar-refractivity contribution in [1.82, 2.24) is 9.80 Å². The Kier molecular flexibility index (Phi) is 3.56. The van der Waals surface area contributed by atoms with Gasteiger partial charge in [0.05, 0.1) is 0 Å². The minimum absolute atomic E-state index is 0.208. The van der Waals surface area contributed by atoms with Gasteiger partial charge in [-0.3, -0.25) is 4.90 Å². The van der Waals surface area contributed by atoms with Crippen molar-refractivity contribution < 1.29 is 14.6 Å². The van der Waals surface area contributed by atoms with Crippen LogP contribution in [0.25, 0.3) is 0 Å². The number of carbonyl (C=O) groups is 1. The Morgan fingerprint density at radius 1 is 1.22 bits per heavy atom.